The summed E-state index contributed by atoms with van der Waals surface area (Å²) in [6.45, 7) is 8.50. The van der Waals surface area contributed by atoms with Gasteiger partial charge >= 0.3 is 0 Å². The van der Waals surface area contributed by atoms with Crippen LogP contribution in [0.4, 0.5) is 0 Å². The molecule has 0 fully saturated rings. The number of aryl methyl sites for hydroxylation is 1. The molecule has 1 aliphatic rings. The fraction of sp³-hybridized carbons (Fsp3) is 0.462. The maximum Gasteiger partial charge on any atom is 0.128 e. The Balaban J connectivity index is 2.27. The molecule has 1 aliphatic heterocycles. The minimum atomic E-state index is 0.284. The van der Waals surface area contributed by atoms with Crippen LogP contribution in [-0.2, 0) is 0 Å². The van der Waals surface area contributed by atoms with Crippen molar-refractivity contribution in [2.45, 2.75) is 20.8 Å². The fourth-order valence-electron chi connectivity index (χ4n) is 1.75. The molecule has 0 amide bonds. The standard InChI is InChI=1S/C13H18N2/c1-10-6-4-5-7-11(10)12-14-8-13(2,3)9-15-12/h4-7H,8-9H2,1-3H3,(H,14,15). The lowest BCUT2D eigenvalue weighted by Crippen LogP contribution is -2.41. The minimum absolute atomic E-state index is 0.284. The number of hydrogen-bond acceptors (Lipinski definition) is 2. The van der Waals surface area contributed by atoms with Gasteiger partial charge in [-0.2, -0.15) is 0 Å². The highest BCUT2D eigenvalue weighted by Gasteiger charge is 2.22. The van der Waals surface area contributed by atoms with Crippen LogP contribution >= 0.6 is 0 Å². The van der Waals surface area contributed by atoms with Gasteiger partial charge in [-0.15, -0.1) is 0 Å². The maximum atomic E-state index is 4.62. The highest BCUT2D eigenvalue weighted by Crippen LogP contribution is 2.19. The molecule has 2 nitrogen and oxygen atoms in total. The van der Waals surface area contributed by atoms with Gasteiger partial charge in [0.15, 0.2) is 0 Å². The molecule has 80 valence electrons. The van der Waals surface area contributed by atoms with Crippen molar-refractivity contribution in [1.82, 2.24) is 5.32 Å². The van der Waals surface area contributed by atoms with Crippen LogP contribution in [0.15, 0.2) is 29.3 Å². The van der Waals surface area contributed by atoms with Gasteiger partial charge in [0, 0.05) is 24.1 Å². The van der Waals surface area contributed by atoms with Crippen molar-refractivity contribution in [3.05, 3.63) is 35.4 Å². The number of hydrogen-bond donors (Lipinski definition) is 1. The van der Waals surface area contributed by atoms with E-state index in [0.717, 1.165) is 18.9 Å². The zero-order valence-corrected chi connectivity index (χ0v) is 9.67. The number of nitrogens with one attached hydrogen (secondary N) is 1. The van der Waals surface area contributed by atoms with Crippen LogP contribution in [-0.4, -0.2) is 18.9 Å². The molecule has 0 saturated carbocycles. The van der Waals surface area contributed by atoms with Crippen molar-refractivity contribution in [2.75, 3.05) is 13.1 Å². The Morgan fingerprint density at radius 3 is 2.60 bits per heavy atom. The van der Waals surface area contributed by atoms with E-state index in [1.807, 2.05) is 0 Å². The summed E-state index contributed by atoms with van der Waals surface area (Å²) >= 11 is 0. The van der Waals surface area contributed by atoms with Crippen molar-refractivity contribution in [3.63, 3.8) is 0 Å². The summed E-state index contributed by atoms with van der Waals surface area (Å²) < 4.78 is 0. The molecule has 0 aliphatic carbocycles. The number of rotatable bonds is 1. The van der Waals surface area contributed by atoms with Gasteiger partial charge in [0.1, 0.15) is 5.84 Å². The van der Waals surface area contributed by atoms with Crippen LogP contribution in [0.25, 0.3) is 0 Å². The Kier molecular flexibility index (Phi) is 2.51. The predicted molar refractivity (Wildman–Crippen MR) is 64.4 cm³/mol. The number of amidine groups is 1. The first kappa shape index (κ1) is 10.2. The van der Waals surface area contributed by atoms with Gasteiger partial charge in [0.05, 0.1) is 0 Å². The molecule has 0 atom stereocenters. The average molecular weight is 202 g/mol. The Labute approximate surface area is 91.4 Å². The van der Waals surface area contributed by atoms with Crippen LogP contribution < -0.4 is 5.32 Å². The molecule has 2 rings (SSSR count). The second-order valence-electron chi connectivity index (χ2n) is 5.00. The highest BCUT2D eigenvalue weighted by atomic mass is 15.0. The second kappa shape index (κ2) is 3.69. The summed E-state index contributed by atoms with van der Waals surface area (Å²) in [5.41, 5.74) is 2.79. The molecule has 0 bridgehead atoms. The third-order valence-corrected chi connectivity index (χ3v) is 2.80. The topological polar surface area (TPSA) is 24.4 Å². The molecule has 15 heavy (non-hydrogen) atoms. The van der Waals surface area contributed by atoms with Crippen LogP contribution in [0.3, 0.4) is 0 Å². The minimum Gasteiger partial charge on any atom is -0.369 e. The third kappa shape index (κ3) is 2.20. The van der Waals surface area contributed by atoms with Gasteiger partial charge in [-0.05, 0) is 12.5 Å². The maximum absolute atomic E-state index is 4.62. The van der Waals surface area contributed by atoms with E-state index in [4.69, 9.17) is 0 Å². The first-order valence-electron chi connectivity index (χ1n) is 5.43. The molecular formula is C13H18N2. The van der Waals surface area contributed by atoms with Crippen molar-refractivity contribution in [3.8, 4) is 0 Å². The monoisotopic (exact) mass is 202 g/mol. The largest absolute Gasteiger partial charge is 0.369 e. The molecule has 0 unspecified atom stereocenters. The van der Waals surface area contributed by atoms with E-state index in [9.17, 15) is 0 Å². The SMILES string of the molecule is Cc1ccccc1C1=NCC(C)(C)CN1. The lowest BCUT2D eigenvalue weighted by atomic mass is 9.92. The molecule has 0 saturated heterocycles. The number of benzene rings is 1. The van der Waals surface area contributed by atoms with Crippen LogP contribution in [0.5, 0.6) is 0 Å². The van der Waals surface area contributed by atoms with Gasteiger partial charge in [0.25, 0.3) is 0 Å². The van der Waals surface area contributed by atoms with E-state index in [1.165, 1.54) is 11.1 Å². The molecule has 1 aromatic rings. The fourth-order valence-corrected chi connectivity index (χ4v) is 1.75. The summed E-state index contributed by atoms with van der Waals surface area (Å²) in [6, 6.07) is 8.37. The van der Waals surface area contributed by atoms with Gasteiger partial charge in [-0.3, -0.25) is 4.99 Å². The molecule has 1 aromatic carbocycles. The Hall–Kier alpha value is -1.31. The predicted octanol–water partition coefficient (Wildman–Crippen LogP) is 2.37. The van der Waals surface area contributed by atoms with E-state index in [0.29, 0.717) is 0 Å². The second-order valence-corrected chi connectivity index (χ2v) is 5.00. The smallest absolute Gasteiger partial charge is 0.128 e. The summed E-state index contributed by atoms with van der Waals surface area (Å²) in [5, 5.41) is 3.42. The van der Waals surface area contributed by atoms with Crippen molar-refractivity contribution in [2.24, 2.45) is 10.4 Å². The summed E-state index contributed by atoms with van der Waals surface area (Å²) in [5.74, 6) is 1.05. The van der Waals surface area contributed by atoms with Crippen molar-refractivity contribution in [1.29, 1.82) is 0 Å². The summed E-state index contributed by atoms with van der Waals surface area (Å²) in [4.78, 5) is 4.62. The molecule has 2 heteroatoms. The van der Waals surface area contributed by atoms with Crippen LogP contribution in [0, 0.1) is 12.3 Å². The molecule has 0 aromatic heterocycles. The summed E-state index contributed by atoms with van der Waals surface area (Å²) in [6.07, 6.45) is 0. The van der Waals surface area contributed by atoms with Gasteiger partial charge in [-0.1, -0.05) is 38.1 Å². The lowest BCUT2D eigenvalue weighted by Gasteiger charge is -2.29. The normalized spacial score (nSPS) is 19.3. The van der Waals surface area contributed by atoms with Crippen LogP contribution in [0.1, 0.15) is 25.0 Å². The van der Waals surface area contributed by atoms with Crippen molar-refractivity contribution < 1.29 is 0 Å². The van der Waals surface area contributed by atoms with Gasteiger partial charge in [-0.25, -0.2) is 0 Å². The lowest BCUT2D eigenvalue weighted by molar-refractivity contribution is 0.362. The van der Waals surface area contributed by atoms with E-state index in [1.54, 1.807) is 0 Å². The quantitative estimate of drug-likeness (QED) is 0.743. The zero-order valence-electron chi connectivity index (χ0n) is 9.67. The first-order valence-corrected chi connectivity index (χ1v) is 5.43. The first-order chi connectivity index (χ1) is 7.08. The van der Waals surface area contributed by atoms with Crippen molar-refractivity contribution >= 4 is 5.84 Å². The van der Waals surface area contributed by atoms with E-state index >= 15 is 0 Å². The molecule has 1 N–H and O–H groups in total. The molecule has 0 radical (unpaired) electrons. The summed E-state index contributed by atoms with van der Waals surface area (Å²) in [7, 11) is 0. The number of nitrogens with zero attached hydrogens (tertiary/aromatic N) is 1. The zero-order chi connectivity index (χ0) is 10.9. The van der Waals surface area contributed by atoms with E-state index in [2.05, 4.69) is 55.3 Å². The number of aliphatic imine (C=N–C) groups is 1. The van der Waals surface area contributed by atoms with Gasteiger partial charge in [0.2, 0.25) is 0 Å². The van der Waals surface area contributed by atoms with Gasteiger partial charge < -0.3 is 5.32 Å². The molecule has 0 spiro atoms. The van der Waals surface area contributed by atoms with E-state index < -0.39 is 0 Å². The van der Waals surface area contributed by atoms with Crippen LogP contribution in [0.2, 0.25) is 0 Å². The average Bonchev–Trinajstić information content (AvgIpc) is 2.19. The van der Waals surface area contributed by atoms with E-state index in [-0.39, 0.29) is 5.41 Å². The highest BCUT2D eigenvalue weighted by molar-refractivity contribution is 6.00. The third-order valence-electron chi connectivity index (χ3n) is 2.80. The molecular weight excluding hydrogens is 184 g/mol. The Morgan fingerprint density at radius 1 is 1.27 bits per heavy atom. The Morgan fingerprint density at radius 2 is 2.00 bits per heavy atom. The Bertz CT molecular complexity index is 391. The molecule has 1 heterocycles.